The molecule has 0 saturated carbocycles. The molecule has 0 spiro atoms. The van der Waals surface area contributed by atoms with Crippen LogP contribution in [0.3, 0.4) is 0 Å². The molecule has 0 radical (unpaired) electrons. The Kier molecular flexibility index (Phi) is 7.19. The number of amides is 1. The first-order valence-electron chi connectivity index (χ1n) is 10.3. The number of esters is 1. The van der Waals surface area contributed by atoms with Crippen molar-refractivity contribution in [3.8, 4) is 23.0 Å². The normalized spacial score (nSPS) is 11.8. The topological polar surface area (TPSA) is 116 Å². The van der Waals surface area contributed by atoms with E-state index in [1.807, 2.05) is 24.3 Å². The standard InChI is InChI=1S/C23H26N4O5/c1-6-18(28)31-20-17(30-5)11-12-24-19(20)22(29)25-14(4)21-26-23(32-27-21)16-9-7-15(8-10-16)13(2)3/h7-14H,6H2,1-5H3,(H,25,29)/t14-/m0/s1. The zero-order valence-electron chi connectivity index (χ0n) is 18.7. The van der Waals surface area contributed by atoms with Gasteiger partial charge in [-0.3, -0.25) is 9.59 Å². The Labute approximate surface area is 186 Å². The van der Waals surface area contributed by atoms with Crippen LogP contribution in [0.5, 0.6) is 11.5 Å². The van der Waals surface area contributed by atoms with Gasteiger partial charge in [0.05, 0.1) is 13.2 Å². The second-order valence-corrected chi connectivity index (χ2v) is 7.45. The van der Waals surface area contributed by atoms with E-state index in [0.717, 1.165) is 5.56 Å². The number of aromatic nitrogens is 3. The lowest BCUT2D eigenvalue weighted by Gasteiger charge is -2.14. The van der Waals surface area contributed by atoms with Gasteiger partial charge in [0.25, 0.3) is 11.8 Å². The zero-order valence-corrected chi connectivity index (χ0v) is 18.7. The lowest BCUT2D eigenvalue weighted by molar-refractivity contribution is -0.134. The van der Waals surface area contributed by atoms with Crippen LogP contribution in [0.15, 0.2) is 41.1 Å². The molecule has 168 valence electrons. The maximum Gasteiger partial charge on any atom is 0.311 e. The second kappa shape index (κ2) is 10.0. The summed E-state index contributed by atoms with van der Waals surface area (Å²) in [6, 6.07) is 8.80. The number of benzene rings is 1. The van der Waals surface area contributed by atoms with Crippen molar-refractivity contribution in [1.82, 2.24) is 20.4 Å². The van der Waals surface area contributed by atoms with E-state index in [-0.39, 0.29) is 23.6 Å². The van der Waals surface area contributed by atoms with Crippen molar-refractivity contribution in [2.75, 3.05) is 7.11 Å². The van der Waals surface area contributed by atoms with E-state index in [0.29, 0.717) is 17.6 Å². The second-order valence-electron chi connectivity index (χ2n) is 7.45. The van der Waals surface area contributed by atoms with E-state index >= 15 is 0 Å². The Hall–Kier alpha value is -3.75. The smallest absolute Gasteiger partial charge is 0.311 e. The fourth-order valence-electron chi connectivity index (χ4n) is 2.91. The van der Waals surface area contributed by atoms with Crippen LogP contribution < -0.4 is 14.8 Å². The quantitative estimate of drug-likeness (QED) is 0.523. The number of hydrogen-bond acceptors (Lipinski definition) is 8. The highest BCUT2D eigenvalue weighted by Crippen LogP contribution is 2.30. The first-order chi connectivity index (χ1) is 15.3. The molecule has 3 aromatic rings. The highest BCUT2D eigenvalue weighted by atomic mass is 16.6. The molecule has 1 atom stereocenters. The Morgan fingerprint density at radius 3 is 2.47 bits per heavy atom. The van der Waals surface area contributed by atoms with Crippen LogP contribution in [0.1, 0.15) is 68.0 Å². The van der Waals surface area contributed by atoms with Crippen LogP contribution in [0.4, 0.5) is 0 Å². The maximum absolute atomic E-state index is 12.9. The lowest BCUT2D eigenvalue weighted by atomic mass is 10.0. The van der Waals surface area contributed by atoms with E-state index in [4.69, 9.17) is 14.0 Å². The number of nitrogens with one attached hydrogen (secondary N) is 1. The van der Waals surface area contributed by atoms with Crippen LogP contribution in [0, 0.1) is 0 Å². The van der Waals surface area contributed by atoms with Crippen molar-refractivity contribution < 1.29 is 23.6 Å². The van der Waals surface area contributed by atoms with Gasteiger partial charge in [-0.25, -0.2) is 4.98 Å². The molecule has 32 heavy (non-hydrogen) atoms. The highest BCUT2D eigenvalue weighted by molar-refractivity contribution is 5.96. The van der Waals surface area contributed by atoms with Crippen molar-refractivity contribution in [1.29, 1.82) is 0 Å². The van der Waals surface area contributed by atoms with Gasteiger partial charge in [-0.15, -0.1) is 0 Å². The number of carbonyl (C=O) groups excluding carboxylic acids is 2. The van der Waals surface area contributed by atoms with Crippen molar-refractivity contribution in [2.24, 2.45) is 0 Å². The number of ether oxygens (including phenoxy) is 2. The molecule has 9 nitrogen and oxygen atoms in total. The molecular formula is C23H26N4O5. The van der Waals surface area contributed by atoms with Crippen LogP contribution >= 0.6 is 0 Å². The maximum atomic E-state index is 12.9. The molecule has 1 amide bonds. The minimum atomic E-state index is -0.585. The summed E-state index contributed by atoms with van der Waals surface area (Å²) in [5.74, 6) is 0.193. The summed E-state index contributed by atoms with van der Waals surface area (Å²) in [5.41, 5.74) is 1.92. The summed E-state index contributed by atoms with van der Waals surface area (Å²) in [6.07, 6.45) is 1.54. The van der Waals surface area contributed by atoms with Crippen LogP contribution in [-0.4, -0.2) is 34.1 Å². The van der Waals surface area contributed by atoms with Crippen LogP contribution in [0.25, 0.3) is 11.5 Å². The molecule has 0 aliphatic carbocycles. The van der Waals surface area contributed by atoms with Gasteiger partial charge < -0.3 is 19.3 Å². The van der Waals surface area contributed by atoms with Crippen molar-refractivity contribution >= 4 is 11.9 Å². The van der Waals surface area contributed by atoms with E-state index in [2.05, 4.69) is 34.3 Å². The third kappa shape index (κ3) is 5.11. The fourth-order valence-corrected chi connectivity index (χ4v) is 2.91. The minimum absolute atomic E-state index is 0.0365. The van der Waals surface area contributed by atoms with Crippen molar-refractivity contribution in [3.05, 3.63) is 53.6 Å². The molecule has 0 fully saturated rings. The molecule has 0 saturated heterocycles. The summed E-state index contributed by atoms with van der Waals surface area (Å²) in [4.78, 5) is 33.1. The summed E-state index contributed by atoms with van der Waals surface area (Å²) in [5, 5.41) is 6.73. The predicted octanol–water partition coefficient (Wildman–Crippen LogP) is 4.07. The van der Waals surface area contributed by atoms with Crippen molar-refractivity contribution in [2.45, 2.75) is 46.1 Å². The molecule has 0 bridgehead atoms. The Balaban J connectivity index is 1.77. The fraction of sp³-hybridized carbons (Fsp3) is 0.348. The van der Waals surface area contributed by atoms with E-state index in [1.165, 1.54) is 24.9 Å². The third-order valence-corrected chi connectivity index (χ3v) is 4.81. The zero-order chi connectivity index (χ0) is 23.3. The molecule has 3 rings (SSSR count). The Morgan fingerprint density at radius 2 is 1.84 bits per heavy atom. The summed E-state index contributed by atoms with van der Waals surface area (Å²) in [7, 11) is 1.41. The summed E-state index contributed by atoms with van der Waals surface area (Å²) in [6.45, 7) is 7.61. The molecule has 2 aromatic heterocycles. The Morgan fingerprint density at radius 1 is 1.12 bits per heavy atom. The average Bonchev–Trinajstić information content (AvgIpc) is 3.29. The molecule has 1 N–H and O–H groups in total. The molecule has 2 heterocycles. The summed E-state index contributed by atoms with van der Waals surface area (Å²) >= 11 is 0. The predicted molar refractivity (Wildman–Crippen MR) is 116 cm³/mol. The van der Waals surface area contributed by atoms with Crippen LogP contribution in [-0.2, 0) is 4.79 Å². The van der Waals surface area contributed by atoms with E-state index in [9.17, 15) is 9.59 Å². The largest absolute Gasteiger partial charge is 0.493 e. The molecule has 0 aliphatic rings. The first kappa shape index (κ1) is 22.9. The summed E-state index contributed by atoms with van der Waals surface area (Å²) < 4.78 is 15.9. The SMILES string of the molecule is CCC(=O)Oc1c(OC)ccnc1C(=O)N[C@@H](C)c1noc(-c2ccc(C(C)C)cc2)n1. The average molecular weight is 438 g/mol. The van der Waals surface area contributed by atoms with Gasteiger partial charge in [0.1, 0.15) is 0 Å². The minimum Gasteiger partial charge on any atom is -0.493 e. The number of hydrogen-bond donors (Lipinski definition) is 1. The highest BCUT2D eigenvalue weighted by Gasteiger charge is 2.24. The number of rotatable bonds is 8. The van der Waals surface area contributed by atoms with Gasteiger partial charge in [-0.1, -0.05) is 38.1 Å². The molecule has 9 heteroatoms. The number of methoxy groups -OCH3 is 1. The molecule has 1 aromatic carbocycles. The monoisotopic (exact) mass is 438 g/mol. The van der Waals surface area contributed by atoms with Gasteiger partial charge >= 0.3 is 5.97 Å². The van der Waals surface area contributed by atoms with Crippen molar-refractivity contribution in [3.63, 3.8) is 0 Å². The molecule has 0 aliphatic heterocycles. The van der Waals surface area contributed by atoms with E-state index < -0.39 is 17.9 Å². The first-order valence-corrected chi connectivity index (χ1v) is 10.3. The number of carbonyl (C=O) groups is 2. The van der Waals surface area contributed by atoms with Gasteiger partial charge in [0.2, 0.25) is 5.75 Å². The van der Waals surface area contributed by atoms with Gasteiger partial charge in [0, 0.05) is 24.2 Å². The van der Waals surface area contributed by atoms with Gasteiger partial charge in [-0.05, 0) is 30.5 Å². The Bertz CT molecular complexity index is 1090. The number of pyridine rings is 1. The molecular weight excluding hydrogens is 412 g/mol. The number of nitrogens with zero attached hydrogens (tertiary/aromatic N) is 3. The van der Waals surface area contributed by atoms with E-state index in [1.54, 1.807) is 13.8 Å². The third-order valence-electron chi connectivity index (χ3n) is 4.81. The van der Waals surface area contributed by atoms with Crippen LogP contribution in [0.2, 0.25) is 0 Å². The van der Waals surface area contributed by atoms with Gasteiger partial charge in [0.15, 0.2) is 17.3 Å². The lowest BCUT2D eigenvalue weighted by Crippen LogP contribution is -2.29. The molecule has 0 unspecified atom stereocenters. The van der Waals surface area contributed by atoms with Gasteiger partial charge in [-0.2, -0.15) is 4.98 Å².